The van der Waals surface area contributed by atoms with Crippen LogP contribution in [0.15, 0.2) is 97.1 Å². The van der Waals surface area contributed by atoms with Crippen LogP contribution in [0.2, 0.25) is 0 Å². The van der Waals surface area contributed by atoms with Gasteiger partial charge < -0.3 is 24.9 Å². The second-order valence-electron chi connectivity index (χ2n) is 13.3. The molecule has 0 aromatic heterocycles. The van der Waals surface area contributed by atoms with Crippen molar-refractivity contribution in [3.63, 3.8) is 0 Å². The molecule has 3 atom stereocenters. The monoisotopic (exact) mass is 647 g/mol. The van der Waals surface area contributed by atoms with Crippen molar-refractivity contribution in [2.24, 2.45) is 0 Å². The first-order valence-corrected chi connectivity index (χ1v) is 16.9. The van der Waals surface area contributed by atoms with Crippen molar-refractivity contribution in [3.8, 4) is 0 Å². The minimum atomic E-state index is -0.834. The molecule has 1 N–H and O–H groups in total. The molecule has 0 spiro atoms. The lowest BCUT2D eigenvalue weighted by atomic mass is 9.97. The molecule has 8 nitrogen and oxygen atoms in total. The number of rotatable bonds is 13. The SMILES string of the molecule is CNCc1cccc(C(=O)N(C)C(Cc2ccc3ccccc3c2)C(=O)N(C)C(Cc2ccccc2)C(=O)N2CCCC2CN(C)C)c1. The topological polar surface area (TPSA) is 76.2 Å². The molecule has 4 aromatic rings. The first-order chi connectivity index (χ1) is 23.2. The second kappa shape index (κ2) is 16.0. The van der Waals surface area contributed by atoms with Crippen LogP contribution < -0.4 is 5.32 Å². The Hall–Kier alpha value is -4.53. The Bertz CT molecular complexity index is 1710. The third-order valence-corrected chi connectivity index (χ3v) is 9.48. The normalized spacial score (nSPS) is 15.8. The van der Waals surface area contributed by atoms with Crippen molar-refractivity contribution in [2.45, 2.75) is 50.4 Å². The van der Waals surface area contributed by atoms with Crippen molar-refractivity contribution in [2.75, 3.05) is 48.3 Å². The lowest BCUT2D eigenvalue weighted by Crippen LogP contribution is -2.57. The molecule has 0 radical (unpaired) electrons. The number of carbonyl (C=O) groups is 3. The Morgan fingerprint density at radius 2 is 1.44 bits per heavy atom. The van der Waals surface area contributed by atoms with Crippen molar-refractivity contribution < 1.29 is 14.4 Å². The third-order valence-electron chi connectivity index (χ3n) is 9.48. The van der Waals surface area contributed by atoms with Crippen LogP contribution in [0.4, 0.5) is 0 Å². The molecule has 4 aromatic carbocycles. The molecule has 48 heavy (non-hydrogen) atoms. The van der Waals surface area contributed by atoms with Crippen LogP contribution in [0, 0.1) is 0 Å². The first kappa shape index (κ1) is 34.8. The fourth-order valence-corrected chi connectivity index (χ4v) is 6.89. The van der Waals surface area contributed by atoms with Crippen LogP contribution in [0.3, 0.4) is 0 Å². The number of nitrogens with zero attached hydrogens (tertiary/aromatic N) is 4. The lowest BCUT2D eigenvalue weighted by Gasteiger charge is -2.37. The number of carbonyl (C=O) groups excluding carboxylic acids is 3. The van der Waals surface area contributed by atoms with E-state index in [4.69, 9.17) is 0 Å². The van der Waals surface area contributed by atoms with E-state index in [2.05, 4.69) is 34.5 Å². The summed E-state index contributed by atoms with van der Waals surface area (Å²) in [6, 6.07) is 30.2. The number of nitrogens with one attached hydrogen (secondary N) is 1. The molecule has 1 aliphatic rings. The molecule has 0 saturated carbocycles. The van der Waals surface area contributed by atoms with Gasteiger partial charge in [-0.3, -0.25) is 14.4 Å². The molecule has 1 heterocycles. The number of hydrogen-bond acceptors (Lipinski definition) is 5. The Morgan fingerprint density at radius 1 is 0.750 bits per heavy atom. The van der Waals surface area contributed by atoms with Crippen LogP contribution in [-0.4, -0.2) is 104 Å². The molecule has 1 fully saturated rings. The van der Waals surface area contributed by atoms with E-state index in [0.717, 1.165) is 46.8 Å². The summed E-state index contributed by atoms with van der Waals surface area (Å²) >= 11 is 0. The van der Waals surface area contributed by atoms with E-state index in [1.807, 2.05) is 92.8 Å². The fraction of sp³-hybridized carbons (Fsp3) is 0.375. The summed E-state index contributed by atoms with van der Waals surface area (Å²) in [5.41, 5.74) is 3.43. The number of likely N-dealkylation sites (tertiary alicyclic amines) is 1. The third kappa shape index (κ3) is 8.30. The van der Waals surface area contributed by atoms with E-state index in [9.17, 15) is 14.4 Å². The van der Waals surface area contributed by atoms with Gasteiger partial charge in [0.1, 0.15) is 12.1 Å². The van der Waals surface area contributed by atoms with Crippen molar-refractivity contribution in [1.82, 2.24) is 24.9 Å². The van der Waals surface area contributed by atoms with Crippen LogP contribution in [-0.2, 0) is 29.0 Å². The zero-order valence-electron chi connectivity index (χ0n) is 28.9. The van der Waals surface area contributed by atoms with Crippen molar-refractivity contribution in [3.05, 3.63) is 119 Å². The lowest BCUT2D eigenvalue weighted by molar-refractivity contribution is -0.147. The summed E-state index contributed by atoms with van der Waals surface area (Å²) in [6.07, 6.45) is 2.58. The smallest absolute Gasteiger partial charge is 0.254 e. The van der Waals surface area contributed by atoms with E-state index in [1.165, 1.54) is 0 Å². The molecule has 3 unspecified atom stereocenters. The largest absolute Gasteiger partial charge is 0.337 e. The first-order valence-electron chi connectivity index (χ1n) is 16.9. The number of likely N-dealkylation sites (N-methyl/N-ethyl adjacent to an activating group) is 3. The quantitative estimate of drug-likeness (QED) is 0.224. The van der Waals surface area contributed by atoms with Crippen LogP contribution in [0.1, 0.15) is 39.9 Å². The summed E-state index contributed by atoms with van der Waals surface area (Å²) in [5, 5.41) is 5.32. The Labute approximate surface area is 285 Å². The molecule has 1 saturated heterocycles. The maximum Gasteiger partial charge on any atom is 0.254 e. The van der Waals surface area contributed by atoms with Gasteiger partial charge in [-0.15, -0.1) is 0 Å². The van der Waals surface area contributed by atoms with Gasteiger partial charge in [-0.2, -0.15) is 0 Å². The molecular formula is C40H49N5O3. The number of amides is 3. The van der Waals surface area contributed by atoms with Gasteiger partial charge in [-0.1, -0.05) is 84.9 Å². The maximum atomic E-state index is 14.8. The molecule has 252 valence electrons. The van der Waals surface area contributed by atoms with Gasteiger partial charge in [-0.25, -0.2) is 0 Å². The summed E-state index contributed by atoms with van der Waals surface area (Å²) in [5.74, 6) is -0.544. The van der Waals surface area contributed by atoms with Gasteiger partial charge in [0, 0.05) is 58.2 Å². The molecule has 0 aliphatic carbocycles. The average molecular weight is 648 g/mol. The van der Waals surface area contributed by atoms with Gasteiger partial charge in [0.05, 0.1) is 0 Å². The number of benzene rings is 4. The van der Waals surface area contributed by atoms with E-state index >= 15 is 0 Å². The zero-order chi connectivity index (χ0) is 34.2. The van der Waals surface area contributed by atoms with Crippen LogP contribution in [0.25, 0.3) is 10.8 Å². The summed E-state index contributed by atoms with van der Waals surface area (Å²) in [6.45, 7) is 2.07. The predicted octanol–water partition coefficient (Wildman–Crippen LogP) is 4.86. The van der Waals surface area contributed by atoms with E-state index in [1.54, 1.807) is 30.0 Å². The highest BCUT2D eigenvalue weighted by Crippen LogP contribution is 2.24. The Kier molecular flexibility index (Phi) is 11.6. The van der Waals surface area contributed by atoms with Crippen molar-refractivity contribution in [1.29, 1.82) is 0 Å². The van der Waals surface area contributed by atoms with Gasteiger partial charge >= 0.3 is 0 Å². The standard InChI is InChI=1S/C40H49N5O3/c1-41-27-31-15-11-18-34(24-31)38(46)43(4)36(26-30-20-21-32-16-9-10-17-33(32)23-30)39(47)44(5)37(25-29-13-7-6-8-14-29)40(48)45-22-12-19-35(45)28-42(2)3/h6-11,13-18,20-21,23-24,35-37,41H,12,19,22,25-28H2,1-5H3. The Balaban J connectivity index is 1.50. The number of hydrogen-bond donors (Lipinski definition) is 1. The highest BCUT2D eigenvalue weighted by atomic mass is 16.2. The average Bonchev–Trinajstić information content (AvgIpc) is 3.56. The van der Waals surface area contributed by atoms with E-state index in [0.29, 0.717) is 31.5 Å². The highest BCUT2D eigenvalue weighted by Gasteiger charge is 2.39. The van der Waals surface area contributed by atoms with Gasteiger partial charge in [0.2, 0.25) is 11.8 Å². The summed E-state index contributed by atoms with van der Waals surface area (Å²) in [4.78, 5) is 50.6. The molecule has 8 heteroatoms. The van der Waals surface area contributed by atoms with Crippen LogP contribution >= 0.6 is 0 Å². The van der Waals surface area contributed by atoms with Gasteiger partial charge in [0.25, 0.3) is 5.91 Å². The minimum absolute atomic E-state index is 0.0442. The summed E-state index contributed by atoms with van der Waals surface area (Å²) < 4.78 is 0. The predicted molar refractivity (Wildman–Crippen MR) is 193 cm³/mol. The van der Waals surface area contributed by atoms with Gasteiger partial charge in [-0.05, 0) is 73.6 Å². The molecule has 0 bridgehead atoms. The molecule has 3 amide bonds. The fourth-order valence-electron chi connectivity index (χ4n) is 6.89. The molecule has 1 aliphatic heterocycles. The van der Waals surface area contributed by atoms with Gasteiger partial charge in [0.15, 0.2) is 0 Å². The van der Waals surface area contributed by atoms with Crippen molar-refractivity contribution >= 4 is 28.5 Å². The second-order valence-corrected chi connectivity index (χ2v) is 13.3. The maximum absolute atomic E-state index is 14.8. The molecule has 5 rings (SSSR count). The van der Waals surface area contributed by atoms with E-state index in [-0.39, 0.29) is 23.8 Å². The molecular weight excluding hydrogens is 598 g/mol. The zero-order valence-corrected chi connectivity index (χ0v) is 28.9. The highest BCUT2D eigenvalue weighted by molar-refractivity contribution is 5.98. The van der Waals surface area contributed by atoms with E-state index < -0.39 is 12.1 Å². The minimum Gasteiger partial charge on any atom is -0.337 e. The van der Waals surface area contributed by atoms with Crippen LogP contribution in [0.5, 0.6) is 0 Å². The Morgan fingerprint density at radius 3 is 2.17 bits per heavy atom. The number of fused-ring (bicyclic) bond motifs is 1. The summed E-state index contributed by atoms with van der Waals surface area (Å²) in [7, 11) is 9.34.